The van der Waals surface area contributed by atoms with Crippen molar-refractivity contribution < 1.29 is 54.3 Å². The summed E-state index contributed by atoms with van der Waals surface area (Å²) in [5.41, 5.74) is 2.51. The maximum atomic E-state index is 15.2. The van der Waals surface area contributed by atoms with E-state index in [0.29, 0.717) is 13.1 Å². The predicted octanol–water partition coefficient (Wildman–Crippen LogP) is 6.44. The van der Waals surface area contributed by atoms with Crippen LogP contribution in [-0.4, -0.2) is 35.0 Å². The van der Waals surface area contributed by atoms with Crippen molar-refractivity contribution in [2.45, 2.75) is 75.9 Å². The third-order valence-electron chi connectivity index (χ3n) is 10.6. The summed E-state index contributed by atoms with van der Waals surface area (Å²) >= 11 is 0. The van der Waals surface area contributed by atoms with Gasteiger partial charge in [-0.3, -0.25) is 9.80 Å². The van der Waals surface area contributed by atoms with Gasteiger partial charge in [0.2, 0.25) is 0 Å². The second kappa shape index (κ2) is 18.8. The maximum absolute atomic E-state index is 15.2. The number of rotatable bonds is 10. The zero-order valence-corrected chi connectivity index (χ0v) is 36.7. The van der Waals surface area contributed by atoms with Crippen molar-refractivity contribution in [1.82, 2.24) is 9.80 Å². The van der Waals surface area contributed by atoms with E-state index < -0.39 is 11.2 Å². The van der Waals surface area contributed by atoms with Crippen LogP contribution in [0.2, 0.25) is 0 Å². The summed E-state index contributed by atoms with van der Waals surface area (Å²) in [5, 5.41) is 44.6. The van der Waals surface area contributed by atoms with E-state index in [4.69, 9.17) is 0 Å². The van der Waals surface area contributed by atoms with Crippen LogP contribution in [0.5, 0.6) is 5.75 Å². The largest absolute Gasteiger partial charge is 2.00 e. The Labute approximate surface area is 336 Å². The molecule has 0 unspecified atom stereocenters. The van der Waals surface area contributed by atoms with E-state index in [0.717, 1.165) is 77.7 Å². The van der Waals surface area contributed by atoms with E-state index in [-0.39, 0.29) is 56.8 Å². The van der Waals surface area contributed by atoms with Gasteiger partial charge < -0.3 is 22.2 Å². The molecule has 0 bridgehead atoms. The molecule has 7 rings (SSSR count). The summed E-state index contributed by atoms with van der Waals surface area (Å²) in [6.07, 6.45) is 3.34. The molecule has 0 aliphatic carbocycles. The van der Waals surface area contributed by atoms with Crippen molar-refractivity contribution >= 4 is 0 Å². The number of aryl methyl sites for hydroxylation is 1. The van der Waals surface area contributed by atoms with E-state index in [1.807, 2.05) is 140 Å². The molecule has 0 aromatic heterocycles. The summed E-state index contributed by atoms with van der Waals surface area (Å²) in [6.45, 7) is 9.40. The van der Waals surface area contributed by atoms with Crippen LogP contribution in [0.15, 0.2) is 133 Å². The molecule has 0 radical (unpaired) electrons. The fraction of sp³-hybridized carbons (Fsp3) is 0.311. The predicted molar refractivity (Wildman–Crippen MR) is 196 cm³/mol. The van der Waals surface area contributed by atoms with Gasteiger partial charge in [-0.1, -0.05) is 167 Å². The molecule has 5 nitrogen and oxygen atoms in total. The average Bonchev–Trinajstić information content (AvgIpc) is 3.85. The number of benzene rings is 5. The van der Waals surface area contributed by atoms with E-state index >= 15 is 10.2 Å². The Morgan fingerprint density at radius 2 is 0.846 bits per heavy atom. The molecule has 0 amide bonds. The number of nitrogens with zero attached hydrogens (tertiary/aromatic N) is 2. The summed E-state index contributed by atoms with van der Waals surface area (Å²) in [5.74, 6) is 0.0174. The smallest absolute Gasteiger partial charge is 0.872 e. The maximum Gasteiger partial charge on any atom is 2.00 e. The van der Waals surface area contributed by atoms with Crippen molar-refractivity contribution in [1.29, 1.82) is 0 Å². The molecule has 2 aliphatic rings. The molecule has 2 heterocycles. The normalized spacial score (nSPS) is 17.8. The van der Waals surface area contributed by atoms with Crippen LogP contribution in [0, 0.1) is 13.8 Å². The SMILES string of the molecule is Cc1cc(CN2CCC[C@@H]2C([O-])(c2ccccc2)c2ccccc2)c([O-])c(CN2CCC[C@@H]2C([O-])(c2ccccc2)c2ccccc2)c1.[CH2-]C.[Zn+2].[Zn+2]. The van der Waals surface area contributed by atoms with Crippen LogP contribution in [0.25, 0.3) is 0 Å². The second-order valence-corrected chi connectivity index (χ2v) is 13.6. The van der Waals surface area contributed by atoms with Crippen molar-refractivity contribution in [3.8, 4) is 5.75 Å². The van der Waals surface area contributed by atoms with Gasteiger partial charge in [0.25, 0.3) is 0 Å². The van der Waals surface area contributed by atoms with Crippen molar-refractivity contribution in [2.24, 2.45) is 0 Å². The Morgan fingerprint density at radius 3 is 1.13 bits per heavy atom. The van der Waals surface area contributed by atoms with Gasteiger partial charge >= 0.3 is 39.0 Å². The molecular formula is C45H48N2O3Zn2. The molecule has 52 heavy (non-hydrogen) atoms. The first-order chi connectivity index (χ1) is 24.4. The van der Waals surface area contributed by atoms with Crippen LogP contribution in [0.3, 0.4) is 0 Å². The molecule has 260 valence electrons. The molecule has 2 fully saturated rings. The molecule has 0 N–H and O–H groups in total. The molecule has 0 spiro atoms. The number of hydrogen-bond acceptors (Lipinski definition) is 5. The van der Waals surface area contributed by atoms with Crippen LogP contribution in [0.4, 0.5) is 0 Å². The van der Waals surface area contributed by atoms with Crippen LogP contribution in [-0.2, 0) is 63.2 Å². The van der Waals surface area contributed by atoms with Gasteiger partial charge in [-0.2, -0.15) is 6.92 Å². The zero-order chi connectivity index (χ0) is 35.1. The van der Waals surface area contributed by atoms with E-state index in [1.54, 1.807) is 6.92 Å². The summed E-state index contributed by atoms with van der Waals surface area (Å²) in [6, 6.07) is 42.2. The first-order valence-electron chi connectivity index (χ1n) is 18.0. The van der Waals surface area contributed by atoms with Gasteiger partial charge in [0.1, 0.15) is 0 Å². The van der Waals surface area contributed by atoms with E-state index in [9.17, 15) is 5.11 Å². The van der Waals surface area contributed by atoms with Crippen LogP contribution in [0.1, 0.15) is 71.6 Å². The molecule has 2 atom stereocenters. The van der Waals surface area contributed by atoms with E-state index in [1.165, 1.54) is 0 Å². The van der Waals surface area contributed by atoms with Crippen LogP contribution >= 0.6 is 0 Å². The fourth-order valence-electron chi connectivity index (χ4n) is 8.40. The van der Waals surface area contributed by atoms with Gasteiger partial charge in [-0.05, 0) is 68.0 Å². The summed E-state index contributed by atoms with van der Waals surface area (Å²) < 4.78 is 0. The monoisotopic (exact) mass is 792 g/mol. The molecule has 2 saturated heterocycles. The standard InChI is InChI=1S/C43H44N2O3.C2H5.2Zn/c1-32-28-33(30-44-26-14-24-39(44)42(47,35-16-6-2-7-17-35)36-18-8-3-9-19-36)41(46)34(29-32)31-45-27-15-25-40(45)43(48,37-20-10-4-11-21-37)38-22-12-5-13-23-38;1-2;;/h2-13,16-23,28-29,39-40,46H,14-15,24-27,30-31H2,1H3;1H2,2H3;;/q-2;-1;2*+2/p-1/t39-,40-;;;/m1.../s1. The molecule has 5 aromatic carbocycles. The summed E-state index contributed by atoms with van der Waals surface area (Å²) in [4.78, 5) is 4.47. The fourth-order valence-corrected chi connectivity index (χ4v) is 8.40. The minimum Gasteiger partial charge on any atom is -0.872 e. The number of likely N-dealkylation sites (tertiary alicyclic amines) is 2. The Hall–Kier alpha value is -3.01. The topological polar surface area (TPSA) is 75.7 Å². The zero-order valence-electron chi connectivity index (χ0n) is 30.8. The van der Waals surface area contributed by atoms with Gasteiger partial charge in [0, 0.05) is 25.2 Å². The summed E-state index contributed by atoms with van der Waals surface area (Å²) in [7, 11) is 0. The van der Waals surface area contributed by atoms with E-state index in [2.05, 4.69) is 16.7 Å². The quantitative estimate of drug-likeness (QED) is 0.120. The third-order valence-corrected chi connectivity index (χ3v) is 10.6. The number of hydrogen-bond donors (Lipinski definition) is 0. The van der Waals surface area contributed by atoms with Gasteiger partial charge in [-0.15, -0.1) is 0 Å². The first kappa shape index (κ1) is 41.7. The van der Waals surface area contributed by atoms with Crippen molar-refractivity contribution in [3.63, 3.8) is 0 Å². The van der Waals surface area contributed by atoms with Crippen LogP contribution < -0.4 is 15.3 Å². The van der Waals surface area contributed by atoms with Crippen molar-refractivity contribution in [3.05, 3.63) is 179 Å². The molecule has 5 aromatic rings. The second-order valence-electron chi connectivity index (χ2n) is 13.6. The average molecular weight is 796 g/mol. The minimum absolute atomic E-state index is 0. The third kappa shape index (κ3) is 8.37. The Bertz CT molecular complexity index is 1600. The minimum atomic E-state index is -1.47. The Kier molecular flexibility index (Phi) is 15.1. The molecular weight excluding hydrogens is 747 g/mol. The first-order valence-corrected chi connectivity index (χ1v) is 18.0. The van der Waals surface area contributed by atoms with Gasteiger partial charge in [0.15, 0.2) is 0 Å². The Morgan fingerprint density at radius 1 is 0.558 bits per heavy atom. The van der Waals surface area contributed by atoms with Crippen molar-refractivity contribution in [2.75, 3.05) is 13.1 Å². The van der Waals surface area contributed by atoms with Gasteiger partial charge in [-0.25, -0.2) is 0 Å². The molecule has 7 heteroatoms. The Balaban J connectivity index is 0.00000149. The van der Waals surface area contributed by atoms with Gasteiger partial charge in [0.05, 0.1) is 0 Å². The molecule has 2 aliphatic heterocycles. The molecule has 0 saturated carbocycles.